The molecule has 1 N–H and O–H groups in total. The minimum Gasteiger partial charge on any atom is -0.469 e. The first-order valence-electron chi connectivity index (χ1n) is 5.34. The average molecular weight is 288 g/mol. The molecule has 0 radical (unpaired) electrons. The van der Waals surface area contributed by atoms with Crippen molar-refractivity contribution in [3.63, 3.8) is 0 Å². The molecule has 1 aromatic rings. The smallest absolute Gasteiger partial charge is 0.309 e. The molecular weight excluding hydrogens is 277 g/mol. The van der Waals surface area contributed by atoms with Gasteiger partial charge in [-0.3, -0.25) is 4.79 Å². The zero-order valence-corrected chi connectivity index (χ0v) is 11.1. The van der Waals surface area contributed by atoms with E-state index in [-0.39, 0.29) is 11.9 Å². The highest BCUT2D eigenvalue weighted by atomic mass is 35.5. The highest BCUT2D eigenvalue weighted by Gasteiger charge is 2.30. The van der Waals surface area contributed by atoms with E-state index in [1.54, 1.807) is 12.1 Å². The fourth-order valence-electron chi connectivity index (χ4n) is 2.13. The second kappa shape index (κ2) is 5.16. The van der Waals surface area contributed by atoms with Gasteiger partial charge in [-0.15, -0.1) is 0 Å². The Labute approximate surface area is 114 Å². The summed E-state index contributed by atoms with van der Waals surface area (Å²) in [6.45, 7) is 0. The monoisotopic (exact) mass is 287 g/mol. The van der Waals surface area contributed by atoms with Crippen LogP contribution >= 0.6 is 23.2 Å². The van der Waals surface area contributed by atoms with E-state index in [4.69, 9.17) is 33.1 Å². The zero-order chi connectivity index (χ0) is 13.3. The lowest BCUT2D eigenvalue weighted by atomic mass is 9.82. The van der Waals surface area contributed by atoms with Crippen LogP contribution in [0.15, 0.2) is 17.3 Å². The van der Waals surface area contributed by atoms with Gasteiger partial charge in [-0.2, -0.15) is 0 Å². The molecule has 0 fully saturated rings. The maximum Gasteiger partial charge on any atom is 0.309 e. The van der Waals surface area contributed by atoms with Gasteiger partial charge < -0.3 is 9.94 Å². The van der Waals surface area contributed by atoms with Crippen molar-refractivity contribution in [3.05, 3.63) is 33.3 Å². The summed E-state index contributed by atoms with van der Waals surface area (Å²) < 4.78 is 4.72. The Hall–Kier alpha value is -1.26. The van der Waals surface area contributed by atoms with Crippen LogP contribution in [0.25, 0.3) is 0 Å². The summed E-state index contributed by atoms with van der Waals surface area (Å²) in [6.07, 6.45) is 0.825. The molecule has 0 spiro atoms. The molecule has 6 heteroatoms. The van der Waals surface area contributed by atoms with Crippen LogP contribution in [0.2, 0.25) is 10.0 Å². The number of rotatable bonds is 1. The molecule has 0 bridgehead atoms. The number of oxime groups is 1. The van der Waals surface area contributed by atoms with E-state index >= 15 is 0 Å². The summed E-state index contributed by atoms with van der Waals surface area (Å²) in [5, 5.41) is 13.1. The van der Waals surface area contributed by atoms with Crippen molar-refractivity contribution in [1.82, 2.24) is 0 Å². The molecule has 0 heterocycles. The van der Waals surface area contributed by atoms with Crippen LogP contribution in [0.3, 0.4) is 0 Å². The van der Waals surface area contributed by atoms with Crippen molar-refractivity contribution in [2.24, 2.45) is 11.1 Å². The quantitative estimate of drug-likeness (QED) is 0.491. The largest absolute Gasteiger partial charge is 0.469 e. The van der Waals surface area contributed by atoms with Crippen LogP contribution in [0, 0.1) is 5.92 Å². The third kappa shape index (κ3) is 2.31. The molecule has 1 aliphatic carbocycles. The Morgan fingerprint density at radius 2 is 2.06 bits per heavy atom. The number of esters is 1. The minimum absolute atomic E-state index is 0.326. The maximum atomic E-state index is 11.6. The van der Waals surface area contributed by atoms with Crippen molar-refractivity contribution in [2.45, 2.75) is 12.8 Å². The number of fused-ring (bicyclic) bond motifs is 1. The highest BCUT2D eigenvalue weighted by Crippen LogP contribution is 2.33. The predicted molar refractivity (Wildman–Crippen MR) is 68.6 cm³/mol. The molecule has 0 saturated carbocycles. The van der Waals surface area contributed by atoms with Gasteiger partial charge in [-0.25, -0.2) is 0 Å². The maximum absolute atomic E-state index is 11.6. The molecule has 0 aromatic heterocycles. The van der Waals surface area contributed by atoms with E-state index in [2.05, 4.69) is 5.16 Å². The Morgan fingerprint density at radius 1 is 1.39 bits per heavy atom. The first-order valence-corrected chi connectivity index (χ1v) is 6.09. The molecule has 18 heavy (non-hydrogen) atoms. The number of benzene rings is 1. The van der Waals surface area contributed by atoms with Crippen LogP contribution in [0.5, 0.6) is 0 Å². The average Bonchev–Trinajstić information content (AvgIpc) is 2.38. The van der Waals surface area contributed by atoms with Gasteiger partial charge >= 0.3 is 5.97 Å². The van der Waals surface area contributed by atoms with Crippen molar-refractivity contribution < 1.29 is 14.7 Å². The number of methoxy groups -OCH3 is 1. The normalized spacial score (nSPS) is 20.6. The van der Waals surface area contributed by atoms with Gasteiger partial charge in [0.1, 0.15) is 0 Å². The van der Waals surface area contributed by atoms with Crippen molar-refractivity contribution in [1.29, 1.82) is 0 Å². The Bertz CT molecular complexity index is 528. The first kappa shape index (κ1) is 13.2. The Balaban J connectivity index is 2.46. The second-order valence-electron chi connectivity index (χ2n) is 4.10. The summed E-state index contributed by atoms with van der Waals surface area (Å²) in [5.41, 5.74) is 1.98. The summed E-state index contributed by atoms with van der Waals surface area (Å²) in [4.78, 5) is 11.6. The molecule has 1 atom stereocenters. The molecule has 2 rings (SSSR count). The molecule has 4 nitrogen and oxygen atoms in total. The molecule has 0 aliphatic heterocycles. The third-order valence-corrected chi connectivity index (χ3v) is 3.74. The first-order chi connectivity index (χ1) is 8.56. The fraction of sp³-hybridized carbons (Fsp3) is 0.333. The summed E-state index contributed by atoms with van der Waals surface area (Å²) >= 11 is 11.9. The zero-order valence-electron chi connectivity index (χ0n) is 9.61. The van der Waals surface area contributed by atoms with Crippen LogP contribution in [0.4, 0.5) is 0 Å². The predicted octanol–water partition coefficient (Wildman–Crippen LogP) is 2.91. The number of hydrogen-bond donors (Lipinski definition) is 1. The third-order valence-electron chi connectivity index (χ3n) is 3.02. The number of carbonyl (C=O) groups excluding carboxylic acids is 1. The van der Waals surface area contributed by atoms with E-state index < -0.39 is 0 Å². The van der Waals surface area contributed by atoms with Crippen molar-refractivity contribution in [3.8, 4) is 0 Å². The van der Waals surface area contributed by atoms with Gasteiger partial charge in [0.15, 0.2) is 0 Å². The number of halogens is 2. The number of nitrogens with zero attached hydrogens (tertiary/aromatic N) is 1. The molecule has 1 aromatic carbocycles. The lowest BCUT2D eigenvalue weighted by Crippen LogP contribution is -2.28. The van der Waals surface area contributed by atoms with Gasteiger partial charge in [-0.1, -0.05) is 28.4 Å². The summed E-state index contributed by atoms with van der Waals surface area (Å²) in [7, 11) is 1.34. The Morgan fingerprint density at radius 3 is 2.67 bits per heavy atom. The lowest BCUT2D eigenvalue weighted by molar-refractivity contribution is -0.145. The second-order valence-corrected chi connectivity index (χ2v) is 4.91. The molecule has 96 valence electrons. The van der Waals surface area contributed by atoms with E-state index in [1.165, 1.54) is 7.11 Å². The summed E-state index contributed by atoms with van der Waals surface area (Å²) in [6, 6.07) is 3.35. The van der Waals surface area contributed by atoms with Crippen LogP contribution in [0.1, 0.15) is 17.5 Å². The van der Waals surface area contributed by atoms with Crippen LogP contribution in [-0.4, -0.2) is 24.0 Å². The van der Waals surface area contributed by atoms with E-state index in [1.807, 2.05) is 0 Å². The number of hydrogen-bond acceptors (Lipinski definition) is 4. The van der Waals surface area contributed by atoms with Gasteiger partial charge in [0, 0.05) is 12.0 Å². The molecular formula is C12H11Cl2NO3. The van der Waals surface area contributed by atoms with Gasteiger partial charge in [0.2, 0.25) is 0 Å². The number of carbonyl (C=O) groups is 1. The van der Waals surface area contributed by atoms with Gasteiger partial charge in [0.25, 0.3) is 0 Å². The minimum atomic E-state index is -0.356. The number of ether oxygens (including phenoxy) is 1. The molecule has 1 aliphatic rings. The highest BCUT2D eigenvalue weighted by molar-refractivity contribution is 6.42. The lowest BCUT2D eigenvalue weighted by Gasteiger charge is -2.23. The topological polar surface area (TPSA) is 58.9 Å². The SMILES string of the molecule is COC(=O)C1C/C(=N\O)c2cc(Cl)c(Cl)cc2C1. The standard InChI is InChI=1S/C12H11Cl2NO3/c1-18-12(16)7-2-6-3-9(13)10(14)5-8(6)11(4-7)15-17/h3,5,7,17H,2,4H2,1H3/b15-11+. The van der Waals surface area contributed by atoms with E-state index in [9.17, 15) is 4.79 Å². The molecule has 0 saturated heterocycles. The van der Waals surface area contributed by atoms with Gasteiger partial charge in [-0.05, 0) is 24.1 Å². The van der Waals surface area contributed by atoms with Crippen molar-refractivity contribution >= 4 is 34.9 Å². The van der Waals surface area contributed by atoms with E-state index in [0.29, 0.717) is 28.6 Å². The molecule has 0 amide bonds. The Kier molecular flexibility index (Phi) is 3.78. The van der Waals surface area contributed by atoms with Crippen LogP contribution < -0.4 is 0 Å². The summed E-state index contributed by atoms with van der Waals surface area (Å²) in [5.74, 6) is -0.682. The molecule has 1 unspecified atom stereocenters. The van der Waals surface area contributed by atoms with E-state index in [0.717, 1.165) is 11.1 Å². The van der Waals surface area contributed by atoms with Gasteiger partial charge in [0.05, 0.1) is 28.8 Å². The van der Waals surface area contributed by atoms with Crippen LogP contribution in [-0.2, 0) is 16.0 Å². The van der Waals surface area contributed by atoms with Crippen molar-refractivity contribution in [2.75, 3.05) is 7.11 Å². The fourth-order valence-corrected chi connectivity index (χ4v) is 2.48.